The summed E-state index contributed by atoms with van der Waals surface area (Å²) in [5, 5.41) is 13.6. The van der Waals surface area contributed by atoms with Gasteiger partial charge in [0.2, 0.25) is 11.7 Å². The van der Waals surface area contributed by atoms with Gasteiger partial charge in [-0.1, -0.05) is 23.4 Å². The fourth-order valence-electron chi connectivity index (χ4n) is 4.30. The molecule has 1 aliphatic carbocycles. The van der Waals surface area contributed by atoms with Crippen molar-refractivity contribution in [3.8, 4) is 28.6 Å². The van der Waals surface area contributed by atoms with Crippen molar-refractivity contribution in [2.75, 3.05) is 18.9 Å². The molecule has 0 radical (unpaired) electrons. The van der Waals surface area contributed by atoms with Crippen LogP contribution in [0.5, 0.6) is 5.75 Å². The highest BCUT2D eigenvalue weighted by molar-refractivity contribution is 5.75. The molecule has 1 aromatic heterocycles. The number of nitrogen functional groups attached to an aromatic ring is 1. The number of benzene rings is 2. The predicted molar refractivity (Wildman–Crippen MR) is 121 cm³/mol. The van der Waals surface area contributed by atoms with E-state index in [0.717, 1.165) is 29.5 Å². The fourth-order valence-corrected chi connectivity index (χ4v) is 4.30. The maximum absolute atomic E-state index is 12.1. The van der Waals surface area contributed by atoms with Crippen LogP contribution in [0.25, 0.3) is 22.8 Å². The minimum absolute atomic E-state index is 0.0264. The third-order valence-electron chi connectivity index (χ3n) is 5.65. The standard InChI is InChI=1S/C24H28N4O4/c1-14(2)31-22-10-7-16(13-20(22)25)24-26-23(27-32-24)19-6-4-5-18-17(19)8-9-21(18)28(11-12-29)15(3)30/h4-7,10,13-14,21,29H,8-9,11-12,25H2,1-3H3/t21-/m1/s1. The molecule has 0 fully saturated rings. The van der Waals surface area contributed by atoms with Gasteiger partial charge in [0.15, 0.2) is 0 Å². The number of nitrogens with zero attached hydrogens (tertiary/aromatic N) is 3. The number of nitrogens with two attached hydrogens (primary N) is 1. The number of aliphatic hydroxyl groups excluding tert-OH is 1. The second-order valence-corrected chi connectivity index (χ2v) is 8.21. The Balaban J connectivity index is 1.64. The first-order valence-corrected chi connectivity index (χ1v) is 10.8. The first-order valence-electron chi connectivity index (χ1n) is 10.8. The number of hydrogen-bond acceptors (Lipinski definition) is 7. The van der Waals surface area contributed by atoms with E-state index in [1.54, 1.807) is 17.0 Å². The molecular formula is C24H28N4O4. The van der Waals surface area contributed by atoms with Crippen LogP contribution in [0.4, 0.5) is 5.69 Å². The molecule has 8 heteroatoms. The lowest BCUT2D eigenvalue weighted by Gasteiger charge is -2.28. The molecule has 168 valence electrons. The Morgan fingerprint density at radius 3 is 2.84 bits per heavy atom. The predicted octanol–water partition coefficient (Wildman–Crippen LogP) is 3.60. The van der Waals surface area contributed by atoms with Gasteiger partial charge in [0.05, 0.1) is 24.4 Å². The molecule has 0 unspecified atom stereocenters. The Kier molecular flexibility index (Phi) is 6.14. The highest BCUT2D eigenvalue weighted by atomic mass is 16.5. The van der Waals surface area contributed by atoms with E-state index in [-0.39, 0.29) is 24.7 Å². The third-order valence-corrected chi connectivity index (χ3v) is 5.65. The molecule has 1 atom stereocenters. The Bertz CT molecular complexity index is 1120. The molecule has 2 aromatic carbocycles. The number of amides is 1. The lowest BCUT2D eigenvalue weighted by atomic mass is 10.0. The largest absolute Gasteiger partial charge is 0.489 e. The van der Waals surface area contributed by atoms with E-state index in [1.807, 2.05) is 38.1 Å². The van der Waals surface area contributed by atoms with Crippen molar-refractivity contribution in [3.63, 3.8) is 0 Å². The molecule has 0 spiro atoms. The van der Waals surface area contributed by atoms with E-state index in [0.29, 0.717) is 35.3 Å². The quantitative estimate of drug-likeness (QED) is 0.544. The van der Waals surface area contributed by atoms with Crippen molar-refractivity contribution in [2.45, 2.75) is 45.8 Å². The molecule has 32 heavy (non-hydrogen) atoms. The number of ether oxygens (including phenoxy) is 1. The molecule has 4 rings (SSSR count). The summed E-state index contributed by atoms with van der Waals surface area (Å²) in [7, 11) is 0. The molecule has 0 bridgehead atoms. The number of fused-ring (bicyclic) bond motifs is 1. The van der Waals surface area contributed by atoms with E-state index >= 15 is 0 Å². The van der Waals surface area contributed by atoms with Gasteiger partial charge in [0, 0.05) is 24.6 Å². The fraction of sp³-hybridized carbons (Fsp3) is 0.375. The van der Waals surface area contributed by atoms with Crippen molar-refractivity contribution in [1.29, 1.82) is 0 Å². The van der Waals surface area contributed by atoms with E-state index in [2.05, 4.69) is 10.1 Å². The molecule has 8 nitrogen and oxygen atoms in total. The van der Waals surface area contributed by atoms with Crippen LogP contribution in [0.15, 0.2) is 40.9 Å². The van der Waals surface area contributed by atoms with Crippen LogP contribution >= 0.6 is 0 Å². The average Bonchev–Trinajstić information content (AvgIpc) is 3.40. The van der Waals surface area contributed by atoms with Gasteiger partial charge in [0.1, 0.15) is 5.75 Å². The molecular weight excluding hydrogens is 408 g/mol. The Labute approximate surface area is 187 Å². The topological polar surface area (TPSA) is 115 Å². The van der Waals surface area contributed by atoms with Crippen LogP contribution in [0.3, 0.4) is 0 Å². The van der Waals surface area contributed by atoms with E-state index < -0.39 is 0 Å². The second-order valence-electron chi connectivity index (χ2n) is 8.21. The summed E-state index contributed by atoms with van der Waals surface area (Å²) in [4.78, 5) is 18.4. The zero-order valence-electron chi connectivity index (χ0n) is 18.5. The smallest absolute Gasteiger partial charge is 0.258 e. The second kappa shape index (κ2) is 9.00. The number of aliphatic hydroxyl groups is 1. The van der Waals surface area contributed by atoms with Gasteiger partial charge < -0.3 is 25.0 Å². The van der Waals surface area contributed by atoms with Crippen molar-refractivity contribution >= 4 is 11.6 Å². The maximum Gasteiger partial charge on any atom is 0.258 e. The maximum atomic E-state index is 12.1. The number of carbonyl (C=O) groups excluding carboxylic acids is 1. The van der Waals surface area contributed by atoms with Crippen molar-refractivity contribution < 1.29 is 19.2 Å². The third kappa shape index (κ3) is 4.18. The summed E-state index contributed by atoms with van der Waals surface area (Å²) >= 11 is 0. The van der Waals surface area contributed by atoms with Gasteiger partial charge in [-0.25, -0.2) is 0 Å². The molecule has 0 saturated heterocycles. The van der Waals surface area contributed by atoms with Crippen LogP contribution in [0, 0.1) is 0 Å². The van der Waals surface area contributed by atoms with Crippen LogP contribution in [0.1, 0.15) is 44.4 Å². The van der Waals surface area contributed by atoms with Crippen LogP contribution < -0.4 is 10.5 Å². The van der Waals surface area contributed by atoms with Crippen LogP contribution in [0.2, 0.25) is 0 Å². The first-order chi connectivity index (χ1) is 15.4. The number of rotatable bonds is 7. The number of anilines is 1. The summed E-state index contributed by atoms with van der Waals surface area (Å²) < 4.78 is 11.2. The van der Waals surface area contributed by atoms with Crippen molar-refractivity contribution in [2.24, 2.45) is 0 Å². The van der Waals surface area contributed by atoms with E-state index in [1.165, 1.54) is 6.92 Å². The molecule has 0 aliphatic heterocycles. The molecule has 1 heterocycles. The monoisotopic (exact) mass is 436 g/mol. The first kappa shape index (κ1) is 21.8. The normalized spacial score (nSPS) is 15.1. The van der Waals surface area contributed by atoms with Crippen LogP contribution in [-0.4, -0.2) is 45.3 Å². The molecule has 1 aliphatic rings. The summed E-state index contributed by atoms with van der Waals surface area (Å²) in [6, 6.07) is 11.3. The summed E-state index contributed by atoms with van der Waals surface area (Å²) in [5.41, 5.74) is 10.4. The SMILES string of the molecule is CC(=O)N(CCO)[C@@H]1CCc2c(-c3noc(-c4ccc(OC(C)C)c(N)c4)n3)cccc21. The van der Waals surface area contributed by atoms with Gasteiger partial charge in [-0.3, -0.25) is 4.79 Å². The zero-order valence-corrected chi connectivity index (χ0v) is 18.5. The Morgan fingerprint density at radius 2 is 2.16 bits per heavy atom. The zero-order chi connectivity index (χ0) is 22.8. The summed E-state index contributed by atoms with van der Waals surface area (Å²) in [5.74, 6) is 1.44. The molecule has 1 amide bonds. The lowest BCUT2D eigenvalue weighted by Crippen LogP contribution is -2.34. The summed E-state index contributed by atoms with van der Waals surface area (Å²) in [6.07, 6.45) is 1.62. The minimum Gasteiger partial charge on any atom is -0.489 e. The minimum atomic E-state index is -0.0660. The molecule has 0 saturated carbocycles. The Hall–Kier alpha value is -3.39. The average molecular weight is 437 g/mol. The Morgan fingerprint density at radius 1 is 1.34 bits per heavy atom. The van der Waals surface area contributed by atoms with Gasteiger partial charge in [0.25, 0.3) is 5.89 Å². The van der Waals surface area contributed by atoms with Gasteiger partial charge >= 0.3 is 0 Å². The number of hydrogen-bond donors (Lipinski definition) is 2. The number of aromatic nitrogens is 2. The number of carbonyl (C=O) groups is 1. The van der Waals surface area contributed by atoms with Crippen molar-refractivity contribution in [1.82, 2.24) is 15.0 Å². The van der Waals surface area contributed by atoms with E-state index in [9.17, 15) is 9.90 Å². The molecule has 3 N–H and O–H groups in total. The van der Waals surface area contributed by atoms with Gasteiger partial charge in [-0.2, -0.15) is 4.98 Å². The van der Waals surface area contributed by atoms with Crippen molar-refractivity contribution in [3.05, 3.63) is 47.5 Å². The summed E-state index contributed by atoms with van der Waals surface area (Å²) in [6.45, 7) is 5.67. The van der Waals surface area contributed by atoms with E-state index in [4.69, 9.17) is 15.0 Å². The molecule has 3 aromatic rings. The highest BCUT2D eigenvalue weighted by Crippen LogP contribution is 2.40. The van der Waals surface area contributed by atoms with Gasteiger partial charge in [-0.05, 0) is 56.0 Å². The van der Waals surface area contributed by atoms with Gasteiger partial charge in [-0.15, -0.1) is 0 Å². The van der Waals surface area contributed by atoms with Crippen LogP contribution in [-0.2, 0) is 11.2 Å². The lowest BCUT2D eigenvalue weighted by molar-refractivity contribution is -0.131. The highest BCUT2D eigenvalue weighted by Gasteiger charge is 2.31.